The van der Waals surface area contributed by atoms with Crippen LogP contribution in [0.2, 0.25) is 0 Å². The van der Waals surface area contributed by atoms with E-state index in [4.69, 9.17) is 33.2 Å². The summed E-state index contributed by atoms with van der Waals surface area (Å²) in [5.41, 5.74) is 0. The highest BCUT2D eigenvalue weighted by molar-refractivity contribution is 5.73. The molecule has 3 fully saturated rings. The molecule has 0 saturated carbocycles. The maximum atomic E-state index is 12.3. The third-order valence-corrected chi connectivity index (χ3v) is 8.33. The summed E-state index contributed by atoms with van der Waals surface area (Å²) < 4.78 is 37.8. The largest absolute Gasteiger partial charge is 0.481 e. The van der Waals surface area contributed by atoms with Crippen LogP contribution in [0.4, 0.5) is 0 Å². The van der Waals surface area contributed by atoms with Crippen molar-refractivity contribution in [1.29, 1.82) is 0 Å². The van der Waals surface area contributed by atoms with Crippen LogP contribution >= 0.6 is 0 Å². The lowest BCUT2D eigenvalue weighted by Gasteiger charge is -2.48. The van der Waals surface area contributed by atoms with Crippen molar-refractivity contribution in [2.45, 2.75) is 151 Å². The molecule has 11 N–H and O–H groups in total. The first-order chi connectivity index (χ1) is 23.4. The van der Waals surface area contributed by atoms with E-state index in [9.17, 15) is 65.4 Å². The highest BCUT2D eigenvalue weighted by Gasteiger charge is 2.53. The van der Waals surface area contributed by atoms with E-state index in [0.717, 1.165) is 6.92 Å². The number of carboxylic acid groups (broad SMARTS) is 1. The van der Waals surface area contributed by atoms with Crippen molar-refractivity contribution in [3.63, 3.8) is 0 Å². The molecule has 0 aromatic heterocycles. The van der Waals surface area contributed by atoms with Gasteiger partial charge < -0.3 is 89.5 Å². The Balaban J connectivity index is 1.84. The number of carbonyl (C=O) groups is 3. The van der Waals surface area contributed by atoms with Crippen LogP contribution in [0, 0.1) is 0 Å². The SMILES string of the molecule is CC(=O)NC1C(O)CC(CC(=O)O)(OC(O)C(OC(CO)C(C)O)OC2C(O)OC(OC(=O)CCC3OC3C)C(O)C2O)OC1C[C@@H](O)CO. The molecule has 3 heterocycles. The second-order valence-corrected chi connectivity index (χ2v) is 12.6. The van der Waals surface area contributed by atoms with E-state index in [1.807, 2.05) is 6.92 Å². The Labute approximate surface area is 286 Å². The van der Waals surface area contributed by atoms with Gasteiger partial charge in [-0.2, -0.15) is 0 Å². The summed E-state index contributed by atoms with van der Waals surface area (Å²) in [5.74, 6) is -5.51. The van der Waals surface area contributed by atoms with Gasteiger partial charge in [-0.1, -0.05) is 0 Å². The average Bonchev–Trinajstić information content (AvgIpc) is 3.73. The molecule has 0 spiro atoms. The lowest BCUT2D eigenvalue weighted by atomic mass is 9.88. The summed E-state index contributed by atoms with van der Waals surface area (Å²) in [6.45, 7) is 2.44. The molecule has 0 bridgehead atoms. The first-order valence-electron chi connectivity index (χ1n) is 16.0. The van der Waals surface area contributed by atoms with E-state index < -0.39 is 136 Å². The van der Waals surface area contributed by atoms with Gasteiger partial charge in [0.05, 0.1) is 62.3 Å². The fourth-order valence-electron chi connectivity index (χ4n) is 5.64. The number of carboxylic acids is 1. The van der Waals surface area contributed by atoms with Crippen LogP contribution in [-0.2, 0) is 47.5 Å². The molecule has 0 aromatic rings. The van der Waals surface area contributed by atoms with Crippen molar-refractivity contribution < 1.29 is 98.6 Å². The number of aliphatic hydroxyl groups is 9. The first kappa shape index (κ1) is 42.2. The van der Waals surface area contributed by atoms with Crippen molar-refractivity contribution >= 4 is 17.8 Å². The molecule has 21 nitrogen and oxygen atoms in total. The Bertz CT molecular complexity index is 1110. The Morgan fingerprint density at radius 3 is 2.20 bits per heavy atom. The zero-order chi connectivity index (χ0) is 37.5. The molecule has 1 amide bonds. The minimum Gasteiger partial charge on any atom is -0.481 e. The molecule has 3 rings (SSSR count). The Kier molecular flexibility index (Phi) is 15.6. The number of ether oxygens (including phenoxy) is 7. The maximum absolute atomic E-state index is 12.3. The quantitative estimate of drug-likeness (QED) is 0.0336. The highest BCUT2D eigenvalue weighted by atomic mass is 16.8. The molecule has 3 aliphatic rings. The minimum absolute atomic E-state index is 0.0235. The topological polar surface area (TPSA) is 333 Å². The minimum atomic E-state index is -2.49. The number of aliphatic carboxylic acids is 1. The molecule has 290 valence electrons. The zero-order valence-corrected chi connectivity index (χ0v) is 27.7. The number of carbonyl (C=O) groups excluding carboxylic acids is 2. The zero-order valence-electron chi connectivity index (χ0n) is 27.7. The second kappa shape index (κ2) is 18.5. The second-order valence-electron chi connectivity index (χ2n) is 12.6. The van der Waals surface area contributed by atoms with E-state index in [1.165, 1.54) is 6.92 Å². The van der Waals surface area contributed by atoms with Crippen LogP contribution < -0.4 is 5.32 Å². The molecule has 16 atom stereocenters. The van der Waals surface area contributed by atoms with E-state index in [0.29, 0.717) is 6.42 Å². The first-order valence-corrected chi connectivity index (χ1v) is 16.0. The van der Waals surface area contributed by atoms with E-state index >= 15 is 0 Å². The molecule has 3 aliphatic heterocycles. The van der Waals surface area contributed by atoms with Crippen molar-refractivity contribution in [3.8, 4) is 0 Å². The molecule has 0 aromatic carbocycles. The van der Waals surface area contributed by atoms with Gasteiger partial charge in [-0.3, -0.25) is 14.4 Å². The van der Waals surface area contributed by atoms with E-state index in [2.05, 4.69) is 5.32 Å². The van der Waals surface area contributed by atoms with Gasteiger partial charge in [0, 0.05) is 26.2 Å². The smallest absolute Gasteiger partial charge is 0.308 e. The fourth-order valence-corrected chi connectivity index (χ4v) is 5.64. The third kappa shape index (κ3) is 11.7. The summed E-state index contributed by atoms with van der Waals surface area (Å²) >= 11 is 0. The summed E-state index contributed by atoms with van der Waals surface area (Å²) in [6.07, 6.45) is -24.7. The van der Waals surface area contributed by atoms with Crippen molar-refractivity contribution in [2.75, 3.05) is 13.2 Å². The number of hydrogen-bond acceptors (Lipinski definition) is 19. The van der Waals surface area contributed by atoms with Crippen LogP contribution in [0.25, 0.3) is 0 Å². The Morgan fingerprint density at radius 2 is 1.66 bits per heavy atom. The van der Waals surface area contributed by atoms with Crippen LogP contribution in [0.5, 0.6) is 0 Å². The molecule has 50 heavy (non-hydrogen) atoms. The van der Waals surface area contributed by atoms with Gasteiger partial charge in [0.25, 0.3) is 0 Å². The number of aliphatic hydroxyl groups excluding tert-OH is 9. The number of rotatable bonds is 19. The van der Waals surface area contributed by atoms with E-state index in [1.54, 1.807) is 0 Å². The van der Waals surface area contributed by atoms with Gasteiger partial charge in [0.2, 0.25) is 24.8 Å². The summed E-state index contributed by atoms with van der Waals surface area (Å²) in [4.78, 5) is 36.1. The standard InChI is InChI=1S/C29H49NO20/c1-11(33)18(10-32)45-28(47-24-22(40)23(41)27(48-25(24)42)46-20(39)5-4-16-12(2)44-16)26(43)50-29(8-19(37)38)7-15(36)21(30-13(3)34)17(49-29)6-14(35)9-31/h11-12,14-18,21-28,31-33,35-36,40-43H,4-10H2,1-3H3,(H,30,34)(H,37,38)/t11?,12?,14-,15?,16?,17?,18?,21?,22?,23?,24?,25?,26?,27?,28?,29?/m1/s1. The lowest BCUT2D eigenvalue weighted by Crippen LogP contribution is -2.64. The molecular weight excluding hydrogens is 682 g/mol. The Morgan fingerprint density at radius 1 is 1.00 bits per heavy atom. The van der Waals surface area contributed by atoms with Crippen molar-refractivity contribution in [2.24, 2.45) is 0 Å². The third-order valence-electron chi connectivity index (χ3n) is 8.33. The van der Waals surface area contributed by atoms with Gasteiger partial charge in [-0.05, 0) is 20.3 Å². The number of epoxide rings is 1. The predicted octanol–water partition coefficient (Wildman–Crippen LogP) is -5.13. The summed E-state index contributed by atoms with van der Waals surface area (Å²) in [7, 11) is 0. The van der Waals surface area contributed by atoms with E-state index in [-0.39, 0.29) is 18.6 Å². The number of hydrogen-bond donors (Lipinski definition) is 11. The van der Waals surface area contributed by atoms with Gasteiger partial charge in [0.15, 0.2) is 12.1 Å². The van der Waals surface area contributed by atoms with Crippen LogP contribution in [0.15, 0.2) is 0 Å². The summed E-state index contributed by atoms with van der Waals surface area (Å²) in [5, 5.41) is 106. The normalized spacial score (nSPS) is 37.2. The molecular formula is C29H49NO20. The molecule has 3 saturated heterocycles. The molecule has 0 aliphatic carbocycles. The monoisotopic (exact) mass is 731 g/mol. The fraction of sp³-hybridized carbons (Fsp3) is 0.897. The highest BCUT2D eigenvalue weighted by Crippen LogP contribution is 2.37. The van der Waals surface area contributed by atoms with Crippen LogP contribution in [0.1, 0.15) is 52.9 Å². The van der Waals surface area contributed by atoms with Crippen LogP contribution in [-0.4, -0.2) is 180 Å². The Hall–Kier alpha value is -2.19. The number of amides is 1. The van der Waals surface area contributed by atoms with Gasteiger partial charge in [-0.15, -0.1) is 0 Å². The van der Waals surface area contributed by atoms with Crippen molar-refractivity contribution in [3.05, 3.63) is 0 Å². The lowest BCUT2D eigenvalue weighted by molar-refractivity contribution is -0.409. The maximum Gasteiger partial charge on any atom is 0.308 e. The molecule has 0 radical (unpaired) electrons. The predicted molar refractivity (Wildman–Crippen MR) is 158 cm³/mol. The van der Waals surface area contributed by atoms with Gasteiger partial charge in [-0.25, -0.2) is 0 Å². The van der Waals surface area contributed by atoms with Gasteiger partial charge >= 0.3 is 11.9 Å². The van der Waals surface area contributed by atoms with Crippen molar-refractivity contribution in [1.82, 2.24) is 5.32 Å². The average molecular weight is 732 g/mol. The molecule has 21 heteroatoms. The van der Waals surface area contributed by atoms with Crippen LogP contribution in [0.3, 0.4) is 0 Å². The molecule has 15 unspecified atom stereocenters. The van der Waals surface area contributed by atoms with Gasteiger partial charge in [0.1, 0.15) is 24.4 Å². The summed E-state index contributed by atoms with van der Waals surface area (Å²) in [6, 6.07) is -1.24. The number of esters is 1. The number of nitrogens with one attached hydrogen (secondary N) is 1.